The standard InChI is InChI=1S/C21H29N3O5S/c1-15-12-18-13-19(5-6-20(18)24(15)16(2)25)30(27,28)23-7-3-4-17(14-23)21(26)22-8-10-29-11-9-22/h5-6,13,15,17H,3-4,7-12,14H2,1-2H3. The van der Waals surface area contributed by atoms with Crippen molar-refractivity contribution in [1.82, 2.24) is 9.21 Å². The third kappa shape index (κ3) is 3.86. The molecule has 2 amide bonds. The van der Waals surface area contributed by atoms with E-state index in [1.165, 1.54) is 11.2 Å². The SMILES string of the molecule is CC(=O)N1c2ccc(S(=O)(=O)N3CCCC(C(=O)N4CCOCC4)C3)cc2CC1C. The third-order valence-corrected chi connectivity index (χ3v) is 8.16. The van der Waals surface area contributed by atoms with Crippen LogP contribution in [0.1, 0.15) is 32.3 Å². The molecule has 2 saturated heterocycles. The molecule has 0 aliphatic carbocycles. The molecule has 0 N–H and O–H groups in total. The van der Waals surface area contributed by atoms with Crippen LogP contribution in [-0.4, -0.2) is 74.9 Å². The Balaban J connectivity index is 1.53. The van der Waals surface area contributed by atoms with Crippen LogP contribution in [0.3, 0.4) is 0 Å². The Morgan fingerprint density at radius 3 is 2.57 bits per heavy atom. The zero-order valence-electron chi connectivity index (χ0n) is 17.5. The number of benzene rings is 1. The van der Waals surface area contributed by atoms with Crippen LogP contribution in [0.4, 0.5) is 5.69 Å². The fourth-order valence-corrected chi connectivity index (χ4v) is 6.38. The number of nitrogens with zero attached hydrogens (tertiary/aromatic N) is 3. The molecular formula is C21H29N3O5S. The van der Waals surface area contributed by atoms with Crippen molar-refractivity contribution in [2.45, 2.75) is 44.0 Å². The molecule has 3 heterocycles. The number of anilines is 1. The Labute approximate surface area is 177 Å². The first kappa shape index (κ1) is 21.3. The average Bonchev–Trinajstić information content (AvgIpc) is 3.09. The fourth-order valence-electron chi connectivity index (χ4n) is 4.80. The highest BCUT2D eigenvalue weighted by molar-refractivity contribution is 7.89. The fraction of sp³-hybridized carbons (Fsp3) is 0.619. The number of morpholine rings is 1. The summed E-state index contributed by atoms with van der Waals surface area (Å²) in [5.74, 6) is -0.329. The smallest absolute Gasteiger partial charge is 0.243 e. The minimum Gasteiger partial charge on any atom is -0.378 e. The largest absolute Gasteiger partial charge is 0.378 e. The number of fused-ring (bicyclic) bond motifs is 1. The first-order valence-electron chi connectivity index (χ1n) is 10.6. The molecule has 0 aromatic heterocycles. The van der Waals surface area contributed by atoms with Gasteiger partial charge in [-0.1, -0.05) is 0 Å². The first-order valence-corrected chi connectivity index (χ1v) is 12.0. The Bertz CT molecular complexity index is 942. The minimum absolute atomic E-state index is 0.0148. The lowest BCUT2D eigenvalue weighted by atomic mass is 9.98. The van der Waals surface area contributed by atoms with Gasteiger partial charge in [0.25, 0.3) is 0 Å². The molecule has 30 heavy (non-hydrogen) atoms. The summed E-state index contributed by atoms with van der Waals surface area (Å²) >= 11 is 0. The van der Waals surface area contributed by atoms with Gasteiger partial charge in [0, 0.05) is 44.8 Å². The van der Waals surface area contributed by atoms with Crippen LogP contribution < -0.4 is 4.90 Å². The Morgan fingerprint density at radius 1 is 1.13 bits per heavy atom. The number of sulfonamides is 1. The van der Waals surface area contributed by atoms with Gasteiger partial charge in [-0.05, 0) is 49.9 Å². The number of rotatable bonds is 3. The molecule has 0 spiro atoms. The van der Waals surface area contributed by atoms with Gasteiger partial charge in [-0.3, -0.25) is 9.59 Å². The van der Waals surface area contributed by atoms with E-state index in [0.29, 0.717) is 52.1 Å². The van der Waals surface area contributed by atoms with Crippen LogP contribution in [0.15, 0.2) is 23.1 Å². The van der Waals surface area contributed by atoms with Gasteiger partial charge in [0.1, 0.15) is 0 Å². The molecule has 164 valence electrons. The van der Waals surface area contributed by atoms with E-state index in [9.17, 15) is 18.0 Å². The van der Waals surface area contributed by atoms with Crippen molar-refractivity contribution in [1.29, 1.82) is 0 Å². The lowest BCUT2D eigenvalue weighted by molar-refractivity contribution is -0.140. The number of piperidine rings is 1. The van der Waals surface area contributed by atoms with E-state index in [4.69, 9.17) is 4.74 Å². The summed E-state index contributed by atoms with van der Waals surface area (Å²) in [5, 5.41) is 0. The number of amides is 2. The van der Waals surface area contributed by atoms with Crippen molar-refractivity contribution in [2.24, 2.45) is 5.92 Å². The van der Waals surface area contributed by atoms with Crippen molar-refractivity contribution in [2.75, 3.05) is 44.3 Å². The number of ether oxygens (including phenoxy) is 1. The molecule has 0 saturated carbocycles. The number of carbonyl (C=O) groups excluding carboxylic acids is 2. The highest BCUT2D eigenvalue weighted by Gasteiger charge is 2.36. The van der Waals surface area contributed by atoms with E-state index < -0.39 is 10.0 Å². The normalized spacial score (nSPS) is 25.3. The predicted octanol–water partition coefficient (Wildman–Crippen LogP) is 1.24. The third-order valence-electron chi connectivity index (χ3n) is 6.30. The maximum Gasteiger partial charge on any atom is 0.243 e. The van der Waals surface area contributed by atoms with Crippen LogP contribution >= 0.6 is 0 Å². The van der Waals surface area contributed by atoms with Crippen LogP contribution in [-0.2, 0) is 30.8 Å². The van der Waals surface area contributed by atoms with Crippen molar-refractivity contribution >= 4 is 27.5 Å². The lowest BCUT2D eigenvalue weighted by Crippen LogP contribution is -2.49. The van der Waals surface area contributed by atoms with Crippen molar-refractivity contribution < 1.29 is 22.7 Å². The second-order valence-electron chi connectivity index (χ2n) is 8.37. The molecule has 2 atom stereocenters. The molecule has 2 unspecified atom stereocenters. The van der Waals surface area contributed by atoms with Crippen LogP contribution in [0, 0.1) is 5.92 Å². The summed E-state index contributed by atoms with van der Waals surface area (Å²) in [4.78, 5) is 28.5. The van der Waals surface area contributed by atoms with Crippen molar-refractivity contribution in [3.05, 3.63) is 23.8 Å². The first-order chi connectivity index (χ1) is 14.3. The molecule has 3 aliphatic heterocycles. The molecule has 8 nitrogen and oxygen atoms in total. The van der Waals surface area contributed by atoms with E-state index in [1.807, 2.05) is 6.92 Å². The minimum atomic E-state index is -3.70. The van der Waals surface area contributed by atoms with Gasteiger partial charge < -0.3 is 14.5 Å². The summed E-state index contributed by atoms with van der Waals surface area (Å²) in [6.45, 7) is 6.32. The van der Waals surface area contributed by atoms with E-state index in [-0.39, 0.29) is 35.2 Å². The van der Waals surface area contributed by atoms with E-state index in [2.05, 4.69) is 0 Å². The molecule has 4 rings (SSSR count). The molecule has 1 aromatic carbocycles. The van der Waals surface area contributed by atoms with Gasteiger partial charge in [-0.25, -0.2) is 8.42 Å². The van der Waals surface area contributed by atoms with Gasteiger partial charge in [0.2, 0.25) is 21.8 Å². The molecular weight excluding hydrogens is 406 g/mol. The van der Waals surface area contributed by atoms with Gasteiger partial charge in [-0.15, -0.1) is 0 Å². The zero-order valence-corrected chi connectivity index (χ0v) is 18.4. The highest BCUT2D eigenvalue weighted by atomic mass is 32.2. The van der Waals surface area contributed by atoms with Crippen LogP contribution in [0.5, 0.6) is 0 Å². The summed E-state index contributed by atoms with van der Waals surface area (Å²) in [6, 6.07) is 5.02. The van der Waals surface area contributed by atoms with Crippen molar-refractivity contribution in [3.63, 3.8) is 0 Å². The average molecular weight is 436 g/mol. The Morgan fingerprint density at radius 2 is 1.87 bits per heavy atom. The maximum atomic E-state index is 13.3. The quantitative estimate of drug-likeness (QED) is 0.713. The molecule has 1 aromatic rings. The molecule has 0 bridgehead atoms. The summed E-state index contributed by atoms with van der Waals surface area (Å²) in [5.41, 5.74) is 1.66. The zero-order chi connectivity index (χ0) is 21.5. The lowest BCUT2D eigenvalue weighted by Gasteiger charge is -2.35. The second kappa shape index (κ2) is 8.28. The summed E-state index contributed by atoms with van der Waals surface area (Å²) < 4.78 is 33.4. The van der Waals surface area contributed by atoms with Gasteiger partial charge in [0.15, 0.2) is 0 Å². The van der Waals surface area contributed by atoms with Crippen molar-refractivity contribution in [3.8, 4) is 0 Å². The Kier molecular flexibility index (Phi) is 5.87. The predicted molar refractivity (Wildman–Crippen MR) is 112 cm³/mol. The van der Waals surface area contributed by atoms with E-state index in [1.54, 1.807) is 28.0 Å². The Hall–Kier alpha value is -1.97. The van der Waals surface area contributed by atoms with E-state index >= 15 is 0 Å². The van der Waals surface area contributed by atoms with Gasteiger partial charge in [-0.2, -0.15) is 4.31 Å². The summed E-state index contributed by atoms with van der Waals surface area (Å²) in [6.07, 6.45) is 2.01. The summed E-state index contributed by atoms with van der Waals surface area (Å²) in [7, 11) is -3.70. The van der Waals surface area contributed by atoms with Crippen LogP contribution in [0.25, 0.3) is 0 Å². The van der Waals surface area contributed by atoms with Crippen LogP contribution in [0.2, 0.25) is 0 Å². The topological polar surface area (TPSA) is 87.2 Å². The number of carbonyl (C=O) groups is 2. The highest BCUT2D eigenvalue weighted by Crippen LogP contribution is 2.35. The van der Waals surface area contributed by atoms with Gasteiger partial charge in [0.05, 0.1) is 24.0 Å². The number of hydrogen-bond donors (Lipinski definition) is 0. The van der Waals surface area contributed by atoms with Gasteiger partial charge >= 0.3 is 0 Å². The molecule has 0 radical (unpaired) electrons. The monoisotopic (exact) mass is 435 g/mol. The second-order valence-corrected chi connectivity index (χ2v) is 10.3. The molecule has 2 fully saturated rings. The molecule has 9 heteroatoms. The maximum absolute atomic E-state index is 13.3. The van der Waals surface area contributed by atoms with E-state index in [0.717, 1.165) is 11.3 Å². The number of hydrogen-bond acceptors (Lipinski definition) is 5. The molecule has 3 aliphatic rings.